The molecule has 112 valence electrons. The van der Waals surface area contributed by atoms with Gasteiger partial charge in [-0.25, -0.2) is 8.42 Å². The Hall–Kier alpha value is -1.60. The topological polar surface area (TPSA) is 98.5 Å². The van der Waals surface area contributed by atoms with Gasteiger partial charge in [0.15, 0.2) is 9.84 Å². The van der Waals surface area contributed by atoms with Crippen LogP contribution in [0.4, 0.5) is 5.69 Å². The molecule has 1 rings (SSSR count). The Kier molecular flexibility index (Phi) is 5.52. The second kappa shape index (κ2) is 6.71. The fourth-order valence-corrected chi connectivity index (χ4v) is 2.33. The molecule has 1 amide bonds. The molecule has 1 aromatic rings. The lowest BCUT2D eigenvalue weighted by atomic mass is 10.1. The molecule has 6 nitrogen and oxygen atoms in total. The number of hydrogen-bond donors (Lipinski definition) is 2. The highest BCUT2D eigenvalue weighted by Crippen LogP contribution is 2.17. The van der Waals surface area contributed by atoms with Gasteiger partial charge in [-0.3, -0.25) is 4.79 Å². The zero-order valence-electron chi connectivity index (χ0n) is 11.8. The van der Waals surface area contributed by atoms with Gasteiger partial charge in [-0.1, -0.05) is 0 Å². The minimum atomic E-state index is -3.40. The first-order chi connectivity index (χ1) is 9.24. The molecule has 1 unspecified atom stereocenters. The molecule has 7 heteroatoms. The summed E-state index contributed by atoms with van der Waals surface area (Å²) in [7, 11) is -1.82. The highest BCUT2D eigenvalue weighted by Gasteiger charge is 2.15. The molecule has 0 aliphatic heterocycles. The minimum absolute atomic E-state index is 0.0344. The number of rotatable bonds is 6. The molecule has 0 aromatic heterocycles. The fraction of sp³-hybridized carbons (Fsp3) is 0.462. The molecular weight excluding hydrogens is 280 g/mol. The summed E-state index contributed by atoms with van der Waals surface area (Å²) in [5.41, 5.74) is 6.11. The molecule has 0 bridgehead atoms. The second-order valence-corrected chi connectivity index (χ2v) is 6.73. The number of amides is 1. The molecule has 0 saturated carbocycles. The van der Waals surface area contributed by atoms with Gasteiger partial charge in [-0.15, -0.1) is 0 Å². The van der Waals surface area contributed by atoms with Crippen LogP contribution >= 0.6 is 0 Å². The molecule has 0 radical (unpaired) electrons. The quantitative estimate of drug-likeness (QED) is 0.758. The third kappa shape index (κ3) is 4.82. The van der Waals surface area contributed by atoms with Crippen molar-refractivity contribution in [1.29, 1.82) is 0 Å². The van der Waals surface area contributed by atoms with Crippen LogP contribution in [0, 0.1) is 0 Å². The Morgan fingerprint density at radius 2 is 2.05 bits per heavy atom. The number of benzene rings is 1. The van der Waals surface area contributed by atoms with Crippen LogP contribution in [0.25, 0.3) is 0 Å². The summed E-state index contributed by atoms with van der Waals surface area (Å²) in [5, 5.41) is 2.77. The number of nitrogens with one attached hydrogen (secondary N) is 1. The van der Waals surface area contributed by atoms with Crippen LogP contribution in [-0.4, -0.2) is 40.3 Å². The molecule has 1 aromatic carbocycles. The predicted octanol–water partition coefficient (Wildman–Crippen LogP) is 0.827. The number of nitrogens with two attached hydrogens (primary N) is 1. The van der Waals surface area contributed by atoms with Gasteiger partial charge in [0.25, 0.3) is 5.91 Å². The zero-order valence-corrected chi connectivity index (χ0v) is 12.7. The maximum Gasteiger partial charge on any atom is 0.251 e. The molecule has 0 aliphatic rings. The summed E-state index contributed by atoms with van der Waals surface area (Å²) in [5.74, 6) is -0.356. The molecule has 0 fully saturated rings. The second-order valence-electron chi connectivity index (χ2n) is 4.72. The van der Waals surface area contributed by atoms with Gasteiger partial charge >= 0.3 is 0 Å². The average Bonchev–Trinajstić information content (AvgIpc) is 2.34. The van der Waals surface area contributed by atoms with E-state index in [-0.39, 0.29) is 28.1 Å². The fourth-order valence-electron chi connectivity index (χ4n) is 1.64. The standard InChI is InChI=1S/C13H20N2O4S/c1-9(4-5-19-2)15-13(16)10-6-11(14)8-12(7-10)20(3,17)18/h6-9H,4-5,14H2,1-3H3,(H,15,16). The van der Waals surface area contributed by atoms with Crippen molar-refractivity contribution in [2.75, 3.05) is 25.7 Å². The van der Waals surface area contributed by atoms with Crippen molar-refractivity contribution in [3.63, 3.8) is 0 Å². The van der Waals surface area contributed by atoms with E-state index in [1.165, 1.54) is 18.2 Å². The van der Waals surface area contributed by atoms with Crippen molar-refractivity contribution in [3.8, 4) is 0 Å². The molecule has 0 heterocycles. The smallest absolute Gasteiger partial charge is 0.251 e. The lowest BCUT2D eigenvalue weighted by Gasteiger charge is -2.14. The highest BCUT2D eigenvalue weighted by atomic mass is 32.2. The molecule has 0 spiro atoms. The van der Waals surface area contributed by atoms with Crippen molar-refractivity contribution >= 4 is 21.4 Å². The van der Waals surface area contributed by atoms with Crippen LogP contribution < -0.4 is 11.1 Å². The molecule has 0 aliphatic carbocycles. The van der Waals surface area contributed by atoms with Crippen LogP contribution in [0.15, 0.2) is 23.1 Å². The third-order valence-corrected chi connectivity index (χ3v) is 3.84. The maximum absolute atomic E-state index is 12.0. The van der Waals surface area contributed by atoms with E-state index in [1.807, 2.05) is 6.92 Å². The lowest BCUT2D eigenvalue weighted by Crippen LogP contribution is -2.33. The first-order valence-electron chi connectivity index (χ1n) is 6.14. The van der Waals surface area contributed by atoms with Gasteiger partial charge in [0.05, 0.1) is 4.90 Å². The minimum Gasteiger partial charge on any atom is -0.399 e. The number of ether oxygens (including phenoxy) is 1. The van der Waals surface area contributed by atoms with Gasteiger partial charge in [-0.2, -0.15) is 0 Å². The Balaban J connectivity index is 2.91. The molecule has 20 heavy (non-hydrogen) atoms. The average molecular weight is 300 g/mol. The normalized spacial score (nSPS) is 12.9. The molecule has 3 N–H and O–H groups in total. The van der Waals surface area contributed by atoms with E-state index in [1.54, 1.807) is 7.11 Å². The van der Waals surface area contributed by atoms with E-state index in [2.05, 4.69) is 5.32 Å². The van der Waals surface area contributed by atoms with Gasteiger partial charge < -0.3 is 15.8 Å². The maximum atomic E-state index is 12.0. The molecule has 0 saturated heterocycles. The SMILES string of the molecule is COCCC(C)NC(=O)c1cc(N)cc(S(C)(=O)=O)c1. The van der Waals surface area contributed by atoms with Crippen molar-refractivity contribution in [3.05, 3.63) is 23.8 Å². The molecular formula is C13H20N2O4S. The Bertz CT molecular complexity index is 584. The summed E-state index contributed by atoms with van der Waals surface area (Å²) in [6.07, 6.45) is 1.74. The summed E-state index contributed by atoms with van der Waals surface area (Å²) in [6.45, 7) is 2.38. The zero-order chi connectivity index (χ0) is 15.3. The van der Waals surface area contributed by atoms with Gasteiger partial charge in [0, 0.05) is 37.3 Å². The number of nitrogen functional groups attached to an aromatic ring is 1. The van der Waals surface area contributed by atoms with Crippen molar-refractivity contribution in [2.45, 2.75) is 24.3 Å². The van der Waals surface area contributed by atoms with E-state index < -0.39 is 9.84 Å². The molecule has 1 atom stereocenters. The van der Waals surface area contributed by atoms with Crippen molar-refractivity contribution in [1.82, 2.24) is 5.32 Å². The van der Waals surface area contributed by atoms with Gasteiger partial charge in [-0.05, 0) is 31.5 Å². The van der Waals surface area contributed by atoms with Crippen molar-refractivity contribution < 1.29 is 17.9 Å². The van der Waals surface area contributed by atoms with Crippen LogP contribution in [0.2, 0.25) is 0 Å². The largest absolute Gasteiger partial charge is 0.399 e. The summed E-state index contributed by atoms with van der Waals surface area (Å²) in [6, 6.07) is 4.03. The number of methoxy groups -OCH3 is 1. The summed E-state index contributed by atoms with van der Waals surface area (Å²) in [4.78, 5) is 12.1. The van der Waals surface area contributed by atoms with E-state index in [0.717, 1.165) is 6.26 Å². The number of carbonyl (C=O) groups is 1. The van der Waals surface area contributed by atoms with Crippen LogP contribution in [0.1, 0.15) is 23.7 Å². The number of hydrogen-bond acceptors (Lipinski definition) is 5. The number of anilines is 1. The summed E-state index contributed by atoms with van der Waals surface area (Å²) >= 11 is 0. The third-order valence-electron chi connectivity index (χ3n) is 2.75. The highest BCUT2D eigenvalue weighted by molar-refractivity contribution is 7.90. The first kappa shape index (κ1) is 16.5. The number of sulfone groups is 1. The van der Waals surface area contributed by atoms with Crippen LogP contribution in [0.3, 0.4) is 0 Å². The Morgan fingerprint density at radius 3 is 2.60 bits per heavy atom. The van der Waals surface area contributed by atoms with Crippen LogP contribution in [-0.2, 0) is 14.6 Å². The lowest BCUT2D eigenvalue weighted by molar-refractivity contribution is 0.0929. The van der Waals surface area contributed by atoms with Gasteiger partial charge in [0.2, 0.25) is 0 Å². The van der Waals surface area contributed by atoms with E-state index in [0.29, 0.717) is 13.0 Å². The van der Waals surface area contributed by atoms with Crippen LogP contribution in [0.5, 0.6) is 0 Å². The van der Waals surface area contributed by atoms with E-state index >= 15 is 0 Å². The van der Waals surface area contributed by atoms with E-state index in [4.69, 9.17) is 10.5 Å². The summed E-state index contributed by atoms with van der Waals surface area (Å²) < 4.78 is 28.0. The van der Waals surface area contributed by atoms with Crippen molar-refractivity contribution in [2.24, 2.45) is 0 Å². The Labute approximate surface area is 119 Å². The Morgan fingerprint density at radius 1 is 1.40 bits per heavy atom. The van der Waals surface area contributed by atoms with E-state index in [9.17, 15) is 13.2 Å². The number of carbonyl (C=O) groups excluding carboxylic acids is 1. The monoisotopic (exact) mass is 300 g/mol. The predicted molar refractivity (Wildman–Crippen MR) is 77.4 cm³/mol. The van der Waals surface area contributed by atoms with Gasteiger partial charge in [0.1, 0.15) is 0 Å². The first-order valence-corrected chi connectivity index (χ1v) is 8.03.